The van der Waals surface area contributed by atoms with Crippen LogP contribution in [0.3, 0.4) is 0 Å². The number of carbonyl (C=O) groups is 2. The summed E-state index contributed by atoms with van der Waals surface area (Å²) in [6.07, 6.45) is 1.69. The van der Waals surface area contributed by atoms with Gasteiger partial charge in [-0.1, -0.05) is 29.8 Å². The van der Waals surface area contributed by atoms with E-state index in [9.17, 15) is 9.59 Å². The van der Waals surface area contributed by atoms with E-state index in [1.165, 1.54) is 5.56 Å². The van der Waals surface area contributed by atoms with Gasteiger partial charge in [0.25, 0.3) is 5.91 Å². The van der Waals surface area contributed by atoms with Gasteiger partial charge < -0.3 is 24.4 Å². The number of rotatable bonds is 10. The Morgan fingerprint density at radius 1 is 1.03 bits per heavy atom. The Hall–Kier alpha value is -4.00. The molecule has 2 amide bonds. The molecule has 7 heteroatoms. The van der Waals surface area contributed by atoms with Gasteiger partial charge in [0.1, 0.15) is 17.2 Å². The van der Waals surface area contributed by atoms with Crippen molar-refractivity contribution in [2.24, 2.45) is 0 Å². The molecule has 1 aliphatic heterocycles. The topological polar surface area (TPSA) is 77.1 Å². The SMILES string of the molecule is COc1ccc(OCCCN2C(=O)COc3ccc(NC(=O)CCc4ccc(C)cc4)cc32)cc1. The normalized spacial score (nSPS) is 12.5. The highest BCUT2D eigenvalue weighted by molar-refractivity contribution is 5.99. The van der Waals surface area contributed by atoms with Crippen LogP contribution in [0.4, 0.5) is 11.4 Å². The number of carbonyl (C=O) groups excluding carboxylic acids is 2. The first-order valence-corrected chi connectivity index (χ1v) is 11.7. The fourth-order valence-corrected chi connectivity index (χ4v) is 3.85. The number of hydrogen-bond acceptors (Lipinski definition) is 5. The number of ether oxygens (including phenoxy) is 3. The molecule has 1 aliphatic rings. The summed E-state index contributed by atoms with van der Waals surface area (Å²) < 4.78 is 16.5. The zero-order valence-electron chi connectivity index (χ0n) is 20.1. The summed E-state index contributed by atoms with van der Waals surface area (Å²) >= 11 is 0. The van der Waals surface area contributed by atoms with Gasteiger partial charge in [-0.25, -0.2) is 0 Å². The number of anilines is 2. The molecule has 35 heavy (non-hydrogen) atoms. The Labute approximate surface area is 205 Å². The lowest BCUT2D eigenvalue weighted by Gasteiger charge is -2.30. The molecule has 3 aromatic carbocycles. The van der Waals surface area contributed by atoms with Crippen LogP contribution in [0.5, 0.6) is 17.2 Å². The van der Waals surface area contributed by atoms with Crippen LogP contribution < -0.4 is 24.4 Å². The number of benzene rings is 3. The standard InChI is InChI=1S/C28H30N2O5/c1-20-4-6-21(7-5-20)8-15-27(31)29-22-9-14-26-25(18-22)30(28(32)19-35-26)16-3-17-34-24-12-10-23(33-2)11-13-24/h4-7,9-14,18H,3,8,15-17,19H2,1-2H3,(H,29,31). The number of fused-ring (bicyclic) bond motifs is 1. The molecule has 0 spiro atoms. The lowest BCUT2D eigenvalue weighted by atomic mass is 10.1. The second-order valence-corrected chi connectivity index (χ2v) is 8.43. The van der Waals surface area contributed by atoms with Crippen molar-refractivity contribution in [1.82, 2.24) is 0 Å². The van der Waals surface area contributed by atoms with Crippen LogP contribution >= 0.6 is 0 Å². The Balaban J connectivity index is 1.32. The lowest BCUT2D eigenvalue weighted by Crippen LogP contribution is -2.39. The van der Waals surface area contributed by atoms with Crippen molar-refractivity contribution in [2.45, 2.75) is 26.2 Å². The van der Waals surface area contributed by atoms with E-state index in [0.717, 1.165) is 17.1 Å². The average molecular weight is 475 g/mol. The summed E-state index contributed by atoms with van der Waals surface area (Å²) in [4.78, 5) is 26.8. The molecular weight excluding hydrogens is 444 g/mol. The summed E-state index contributed by atoms with van der Waals surface area (Å²) in [5, 5.41) is 2.94. The number of nitrogens with one attached hydrogen (secondary N) is 1. The van der Waals surface area contributed by atoms with Gasteiger partial charge in [-0.2, -0.15) is 0 Å². The zero-order valence-corrected chi connectivity index (χ0v) is 20.1. The summed E-state index contributed by atoms with van der Waals surface area (Å²) in [5.41, 5.74) is 3.61. The van der Waals surface area contributed by atoms with Crippen LogP contribution in [0.15, 0.2) is 66.7 Å². The molecule has 0 unspecified atom stereocenters. The van der Waals surface area contributed by atoms with Gasteiger partial charge in [-0.15, -0.1) is 0 Å². The molecule has 1 N–H and O–H groups in total. The van der Waals surface area contributed by atoms with Gasteiger partial charge in [0.15, 0.2) is 6.61 Å². The molecule has 0 bridgehead atoms. The highest BCUT2D eigenvalue weighted by atomic mass is 16.5. The van der Waals surface area contributed by atoms with Gasteiger partial charge >= 0.3 is 0 Å². The van der Waals surface area contributed by atoms with Crippen LogP contribution in [0.1, 0.15) is 24.0 Å². The minimum atomic E-state index is -0.121. The van der Waals surface area contributed by atoms with Gasteiger partial charge in [-0.3, -0.25) is 9.59 Å². The molecule has 0 radical (unpaired) electrons. The second-order valence-electron chi connectivity index (χ2n) is 8.43. The maximum Gasteiger partial charge on any atom is 0.265 e. The summed E-state index contributed by atoms with van der Waals surface area (Å²) in [6, 6.07) is 20.9. The molecule has 0 atom stereocenters. The van der Waals surface area contributed by atoms with Crippen molar-refractivity contribution >= 4 is 23.2 Å². The van der Waals surface area contributed by atoms with Gasteiger partial charge in [0.2, 0.25) is 5.91 Å². The van der Waals surface area contributed by atoms with Crippen molar-refractivity contribution < 1.29 is 23.8 Å². The van der Waals surface area contributed by atoms with E-state index < -0.39 is 0 Å². The minimum Gasteiger partial charge on any atom is -0.497 e. The highest BCUT2D eigenvalue weighted by Crippen LogP contribution is 2.34. The van der Waals surface area contributed by atoms with E-state index >= 15 is 0 Å². The van der Waals surface area contributed by atoms with Crippen molar-refractivity contribution in [3.05, 3.63) is 77.9 Å². The Morgan fingerprint density at radius 3 is 2.51 bits per heavy atom. The minimum absolute atomic E-state index is 0.00536. The van der Waals surface area contributed by atoms with E-state index in [1.807, 2.05) is 55.5 Å². The van der Waals surface area contributed by atoms with Crippen LogP contribution in [0.25, 0.3) is 0 Å². The number of hydrogen-bond donors (Lipinski definition) is 1. The van der Waals surface area contributed by atoms with E-state index in [0.29, 0.717) is 49.5 Å². The van der Waals surface area contributed by atoms with Crippen molar-refractivity contribution in [1.29, 1.82) is 0 Å². The molecule has 0 aliphatic carbocycles. The van der Waals surface area contributed by atoms with Crippen molar-refractivity contribution in [2.75, 3.05) is 37.1 Å². The van der Waals surface area contributed by atoms with Crippen LogP contribution in [0.2, 0.25) is 0 Å². The third kappa shape index (κ3) is 6.53. The quantitative estimate of drug-likeness (QED) is 0.429. The van der Waals surface area contributed by atoms with Gasteiger partial charge in [0, 0.05) is 18.7 Å². The molecule has 7 nitrogen and oxygen atoms in total. The molecule has 3 aromatic rings. The predicted molar refractivity (Wildman–Crippen MR) is 136 cm³/mol. The molecule has 1 heterocycles. The largest absolute Gasteiger partial charge is 0.497 e. The monoisotopic (exact) mass is 474 g/mol. The first-order valence-electron chi connectivity index (χ1n) is 11.7. The fourth-order valence-electron chi connectivity index (χ4n) is 3.85. The highest BCUT2D eigenvalue weighted by Gasteiger charge is 2.25. The third-order valence-electron chi connectivity index (χ3n) is 5.80. The van der Waals surface area contributed by atoms with Gasteiger partial charge in [-0.05, 0) is 67.8 Å². The average Bonchev–Trinajstić information content (AvgIpc) is 2.87. The Bertz CT molecular complexity index is 1160. The number of amides is 2. The van der Waals surface area contributed by atoms with E-state index in [2.05, 4.69) is 5.32 Å². The molecule has 0 aromatic heterocycles. The maximum absolute atomic E-state index is 12.6. The van der Waals surface area contributed by atoms with Crippen molar-refractivity contribution in [3.8, 4) is 17.2 Å². The van der Waals surface area contributed by atoms with Crippen LogP contribution in [-0.2, 0) is 16.0 Å². The molecule has 0 saturated heterocycles. The molecule has 182 valence electrons. The first kappa shape index (κ1) is 24.1. The van der Waals surface area contributed by atoms with E-state index in [1.54, 1.807) is 30.2 Å². The fraction of sp³-hybridized carbons (Fsp3) is 0.286. The van der Waals surface area contributed by atoms with Gasteiger partial charge in [0.05, 0.1) is 19.4 Å². The molecule has 0 fully saturated rings. The number of aryl methyl sites for hydroxylation is 2. The van der Waals surface area contributed by atoms with Crippen molar-refractivity contribution in [3.63, 3.8) is 0 Å². The molecule has 4 rings (SSSR count). The third-order valence-corrected chi connectivity index (χ3v) is 5.80. The summed E-state index contributed by atoms with van der Waals surface area (Å²) in [5.74, 6) is 1.94. The Morgan fingerprint density at radius 2 is 1.77 bits per heavy atom. The Kier molecular flexibility index (Phi) is 7.88. The van der Waals surface area contributed by atoms with Crippen LogP contribution in [-0.4, -0.2) is 38.7 Å². The van der Waals surface area contributed by atoms with E-state index in [-0.39, 0.29) is 18.4 Å². The summed E-state index contributed by atoms with van der Waals surface area (Å²) in [7, 11) is 1.62. The van der Waals surface area contributed by atoms with Crippen LogP contribution in [0, 0.1) is 6.92 Å². The van der Waals surface area contributed by atoms with E-state index in [4.69, 9.17) is 14.2 Å². The smallest absolute Gasteiger partial charge is 0.265 e. The lowest BCUT2D eigenvalue weighted by molar-refractivity contribution is -0.121. The molecular formula is C28H30N2O5. The number of nitrogens with zero attached hydrogens (tertiary/aromatic N) is 1. The first-order chi connectivity index (χ1) is 17.0. The second kappa shape index (κ2) is 11.4. The predicted octanol–water partition coefficient (Wildman–Crippen LogP) is 4.77. The zero-order chi connectivity index (χ0) is 24.6. The molecule has 0 saturated carbocycles. The maximum atomic E-state index is 12.6. The number of methoxy groups -OCH3 is 1. The summed E-state index contributed by atoms with van der Waals surface area (Å²) in [6.45, 7) is 2.98.